The maximum absolute atomic E-state index is 11.9. The summed E-state index contributed by atoms with van der Waals surface area (Å²) in [7, 11) is 0. The minimum absolute atomic E-state index is 0. The number of ether oxygens (including phenoxy) is 1. The number of rotatable bonds is 4. The van der Waals surface area contributed by atoms with Crippen LogP contribution in [-0.2, 0) is 9.53 Å². The van der Waals surface area contributed by atoms with Gasteiger partial charge in [0.05, 0.1) is 6.10 Å². The van der Waals surface area contributed by atoms with Gasteiger partial charge in [-0.15, -0.1) is 12.4 Å². The van der Waals surface area contributed by atoms with Crippen molar-refractivity contribution < 1.29 is 9.53 Å². The molecule has 4 nitrogen and oxygen atoms in total. The molecular weight excluding hydrogens is 264 g/mol. The van der Waals surface area contributed by atoms with Crippen molar-refractivity contribution in [3.63, 3.8) is 0 Å². The zero-order valence-electron chi connectivity index (χ0n) is 11.4. The summed E-state index contributed by atoms with van der Waals surface area (Å²) in [4.78, 5) is 11.9. The van der Waals surface area contributed by atoms with Gasteiger partial charge in [0.15, 0.2) is 0 Å². The van der Waals surface area contributed by atoms with Gasteiger partial charge in [-0.1, -0.05) is 0 Å². The zero-order chi connectivity index (χ0) is 12.4. The van der Waals surface area contributed by atoms with Crippen LogP contribution in [-0.4, -0.2) is 37.2 Å². The maximum atomic E-state index is 11.9. The van der Waals surface area contributed by atoms with Crippen molar-refractivity contribution in [2.75, 3.05) is 13.2 Å². The Hall–Kier alpha value is -0.320. The van der Waals surface area contributed by atoms with Crippen LogP contribution in [0.5, 0.6) is 0 Å². The Bertz CT molecular complexity index is 296. The second-order valence-corrected chi connectivity index (χ2v) is 6.12. The van der Waals surface area contributed by atoms with E-state index in [1.807, 2.05) is 0 Å². The van der Waals surface area contributed by atoms with Crippen LogP contribution in [0.2, 0.25) is 0 Å². The number of piperidine rings is 1. The van der Waals surface area contributed by atoms with Gasteiger partial charge in [-0.25, -0.2) is 0 Å². The summed E-state index contributed by atoms with van der Waals surface area (Å²) < 4.78 is 5.51. The molecule has 5 heteroatoms. The van der Waals surface area contributed by atoms with Crippen LogP contribution in [0.4, 0.5) is 0 Å². The fourth-order valence-electron chi connectivity index (χ4n) is 3.71. The number of hydrogen-bond donors (Lipinski definition) is 2. The van der Waals surface area contributed by atoms with Gasteiger partial charge in [0.2, 0.25) is 5.91 Å². The lowest BCUT2D eigenvalue weighted by Crippen LogP contribution is -2.40. The van der Waals surface area contributed by atoms with Gasteiger partial charge in [-0.3, -0.25) is 4.79 Å². The molecule has 0 saturated carbocycles. The van der Waals surface area contributed by atoms with Crippen molar-refractivity contribution in [2.45, 2.75) is 63.1 Å². The summed E-state index contributed by atoms with van der Waals surface area (Å²) in [6.45, 7) is 1.56. The lowest BCUT2D eigenvalue weighted by Gasteiger charge is -2.28. The number of carbonyl (C=O) groups excluding carboxylic acids is 1. The average Bonchev–Trinajstić information content (AvgIpc) is 2.97. The third-order valence-corrected chi connectivity index (χ3v) is 4.60. The second kappa shape index (κ2) is 6.91. The number of halogens is 1. The van der Waals surface area contributed by atoms with E-state index >= 15 is 0 Å². The fraction of sp³-hybridized carbons (Fsp3) is 0.929. The Morgan fingerprint density at radius 2 is 1.95 bits per heavy atom. The number of fused-ring (bicyclic) bond motifs is 2. The van der Waals surface area contributed by atoms with E-state index < -0.39 is 0 Å². The van der Waals surface area contributed by atoms with E-state index in [2.05, 4.69) is 10.6 Å². The van der Waals surface area contributed by atoms with Crippen molar-refractivity contribution in [3.8, 4) is 0 Å². The highest BCUT2D eigenvalue weighted by molar-refractivity contribution is 5.85. The summed E-state index contributed by atoms with van der Waals surface area (Å²) in [5, 5.41) is 6.66. The predicted molar refractivity (Wildman–Crippen MR) is 76.5 cm³/mol. The van der Waals surface area contributed by atoms with Gasteiger partial charge in [0.1, 0.15) is 0 Å². The van der Waals surface area contributed by atoms with Gasteiger partial charge >= 0.3 is 0 Å². The Labute approximate surface area is 121 Å². The summed E-state index contributed by atoms with van der Waals surface area (Å²) in [6, 6.07) is 1.36. The summed E-state index contributed by atoms with van der Waals surface area (Å²) in [5.41, 5.74) is 0. The molecule has 0 spiro atoms. The minimum Gasteiger partial charge on any atom is -0.376 e. The van der Waals surface area contributed by atoms with E-state index in [4.69, 9.17) is 4.74 Å². The highest BCUT2D eigenvalue weighted by Crippen LogP contribution is 2.32. The molecule has 3 rings (SSSR count). The molecule has 1 amide bonds. The topological polar surface area (TPSA) is 50.4 Å². The molecule has 0 aromatic heterocycles. The highest BCUT2D eigenvalue weighted by atomic mass is 35.5. The van der Waals surface area contributed by atoms with Crippen LogP contribution in [0.3, 0.4) is 0 Å². The Balaban J connectivity index is 0.00000133. The fourth-order valence-corrected chi connectivity index (χ4v) is 3.71. The number of nitrogens with one attached hydrogen (secondary N) is 2. The molecule has 0 aromatic rings. The van der Waals surface area contributed by atoms with Crippen LogP contribution in [0, 0.1) is 5.92 Å². The van der Waals surface area contributed by atoms with Crippen LogP contribution < -0.4 is 10.6 Å². The molecule has 3 fully saturated rings. The molecule has 3 heterocycles. The molecule has 19 heavy (non-hydrogen) atoms. The third kappa shape index (κ3) is 4.07. The third-order valence-electron chi connectivity index (χ3n) is 4.60. The predicted octanol–water partition coefficient (Wildman–Crippen LogP) is 1.62. The molecule has 3 aliphatic heterocycles. The van der Waals surface area contributed by atoms with E-state index in [0.717, 1.165) is 19.4 Å². The van der Waals surface area contributed by atoms with Crippen molar-refractivity contribution in [1.29, 1.82) is 0 Å². The van der Waals surface area contributed by atoms with E-state index in [0.29, 0.717) is 31.0 Å². The normalized spacial score (nSPS) is 36.8. The molecule has 3 unspecified atom stereocenters. The smallest absolute Gasteiger partial charge is 0.220 e. The van der Waals surface area contributed by atoms with Crippen LogP contribution >= 0.6 is 12.4 Å². The Morgan fingerprint density at radius 1 is 1.21 bits per heavy atom. The van der Waals surface area contributed by atoms with Gasteiger partial charge in [0, 0.05) is 31.7 Å². The van der Waals surface area contributed by atoms with Crippen LogP contribution in [0.1, 0.15) is 44.9 Å². The van der Waals surface area contributed by atoms with Gasteiger partial charge in [-0.05, 0) is 44.4 Å². The molecule has 3 atom stereocenters. The highest BCUT2D eigenvalue weighted by Gasteiger charge is 2.34. The minimum atomic E-state index is 0. The quantitative estimate of drug-likeness (QED) is 0.827. The first-order valence-corrected chi connectivity index (χ1v) is 7.44. The van der Waals surface area contributed by atoms with Gasteiger partial charge < -0.3 is 15.4 Å². The lowest BCUT2D eigenvalue weighted by molar-refractivity contribution is -0.122. The molecule has 3 aliphatic rings. The van der Waals surface area contributed by atoms with Gasteiger partial charge in [-0.2, -0.15) is 0 Å². The number of hydrogen-bond acceptors (Lipinski definition) is 3. The monoisotopic (exact) mass is 288 g/mol. The molecule has 110 valence electrons. The van der Waals surface area contributed by atoms with Crippen molar-refractivity contribution in [3.05, 3.63) is 0 Å². The first kappa shape index (κ1) is 15.1. The summed E-state index contributed by atoms with van der Waals surface area (Å²) >= 11 is 0. The van der Waals surface area contributed by atoms with Gasteiger partial charge in [0.25, 0.3) is 0 Å². The number of carbonyl (C=O) groups is 1. The average molecular weight is 289 g/mol. The van der Waals surface area contributed by atoms with Crippen molar-refractivity contribution in [2.24, 2.45) is 5.92 Å². The number of amides is 1. The first-order valence-electron chi connectivity index (χ1n) is 7.44. The first-order chi connectivity index (χ1) is 8.79. The molecular formula is C14H25ClN2O2. The molecule has 2 N–H and O–H groups in total. The van der Waals surface area contributed by atoms with E-state index in [9.17, 15) is 4.79 Å². The van der Waals surface area contributed by atoms with Crippen molar-refractivity contribution >= 4 is 18.3 Å². The summed E-state index contributed by atoms with van der Waals surface area (Å²) in [6.07, 6.45) is 8.18. The Kier molecular flexibility index (Phi) is 5.48. The zero-order valence-corrected chi connectivity index (χ0v) is 12.2. The van der Waals surface area contributed by atoms with E-state index in [1.54, 1.807) is 0 Å². The molecule has 0 aliphatic carbocycles. The van der Waals surface area contributed by atoms with Crippen molar-refractivity contribution in [1.82, 2.24) is 10.6 Å². The van der Waals surface area contributed by atoms with Crippen LogP contribution in [0.15, 0.2) is 0 Å². The summed E-state index contributed by atoms with van der Waals surface area (Å²) in [5.74, 6) is 0.810. The van der Waals surface area contributed by atoms with E-state index in [-0.39, 0.29) is 24.4 Å². The molecule has 2 bridgehead atoms. The SMILES string of the molecule is Cl.O=C(CC1CC2CCC(C1)N2)NCC1CCCO1. The lowest BCUT2D eigenvalue weighted by atomic mass is 9.89. The standard InChI is InChI=1S/C14H24N2O2.ClH/c17-14(15-9-13-2-1-5-18-13)8-10-6-11-3-4-12(7-10)16-11;/h10-13,16H,1-9H2,(H,15,17);1H. The molecule has 0 radical (unpaired) electrons. The Morgan fingerprint density at radius 3 is 2.58 bits per heavy atom. The largest absolute Gasteiger partial charge is 0.376 e. The molecule has 3 saturated heterocycles. The molecule has 0 aromatic carbocycles. The van der Waals surface area contributed by atoms with E-state index in [1.165, 1.54) is 25.7 Å². The second-order valence-electron chi connectivity index (χ2n) is 6.12. The van der Waals surface area contributed by atoms with Crippen LogP contribution in [0.25, 0.3) is 0 Å². The maximum Gasteiger partial charge on any atom is 0.220 e.